The van der Waals surface area contributed by atoms with E-state index in [1.807, 2.05) is 36.5 Å². The first-order valence-electron chi connectivity index (χ1n) is 5.29. The summed E-state index contributed by atoms with van der Waals surface area (Å²) in [7, 11) is 0. The SMILES string of the molecule is NCCC(O)c1cnn(-c2ccccc2)c1. The number of benzene rings is 1. The first-order valence-corrected chi connectivity index (χ1v) is 5.29. The van der Waals surface area contributed by atoms with Crippen LogP contribution in [0.1, 0.15) is 18.1 Å². The Labute approximate surface area is 94.3 Å². The van der Waals surface area contributed by atoms with Crippen LogP contribution in [0.15, 0.2) is 42.7 Å². The van der Waals surface area contributed by atoms with Crippen molar-refractivity contribution in [2.45, 2.75) is 12.5 Å². The van der Waals surface area contributed by atoms with E-state index in [-0.39, 0.29) is 0 Å². The van der Waals surface area contributed by atoms with Gasteiger partial charge in [0.1, 0.15) is 0 Å². The summed E-state index contributed by atoms with van der Waals surface area (Å²) in [6, 6.07) is 9.79. The third-order valence-electron chi connectivity index (χ3n) is 2.45. The van der Waals surface area contributed by atoms with E-state index in [0.29, 0.717) is 13.0 Å². The third kappa shape index (κ3) is 2.29. The van der Waals surface area contributed by atoms with Crippen molar-refractivity contribution in [3.05, 3.63) is 48.3 Å². The van der Waals surface area contributed by atoms with Gasteiger partial charge in [0.05, 0.1) is 18.0 Å². The molecule has 1 unspecified atom stereocenters. The molecule has 1 atom stereocenters. The maximum absolute atomic E-state index is 9.75. The average molecular weight is 217 g/mol. The van der Waals surface area contributed by atoms with Crippen LogP contribution in [0.4, 0.5) is 0 Å². The molecule has 0 aliphatic rings. The summed E-state index contributed by atoms with van der Waals surface area (Å²) in [6.45, 7) is 0.470. The lowest BCUT2D eigenvalue weighted by molar-refractivity contribution is 0.170. The van der Waals surface area contributed by atoms with E-state index < -0.39 is 6.10 Å². The molecule has 1 aromatic carbocycles. The third-order valence-corrected chi connectivity index (χ3v) is 2.45. The van der Waals surface area contributed by atoms with Gasteiger partial charge in [-0.05, 0) is 25.1 Å². The molecule has 0 saturated carbocycles. The normalized spacial score (nSPS) is 12.6. The summed E-state index contributed by atoms with van der Waals surface area (Å²) in [6.07, 6.45) is 3.53. The van der Waals surface area contributed by atoms with Gasteiger partial charge in [0, 0.05) is 11.8 Å². The van der Waals surface area contributed by atoms with Crippen molar-refractivity contribution < 1.29 is 5.11 Å². The molecule has 0 amide bonds. The Kier molecular flexibility index (Phi) is 3.34. The fourth-order valence-corrected chi connectivity index (χ4v) is 1.56. The second kappa shape index (κ2) is 4.92. The molecular weight excluding hydrogens is 202 g/mol. The van der Waals surface area contributed by atoms with Crippen molar-refractivity contribution in [3.8, 4) is 5.69 Å². The zero-order chi connectivity index (χ0) is 11.4. The van der Waals surface area contributed by atoms with Crippen LogP contribution in [0.5, 0.6) is 0 Å². The topological polar surface area (TPSA) is 64.1 Å². The summed E-state index contributed by atoms with van der Waals surface area (Å²) in [5, 5.41) is 14.0. The minimum atomic E-state index is -0.525. The molecule has 0 bridgehead atoms. The van der Waals surface area contributed by atoms with Crippen LogP contribution in [0.25, 0.3) is 5.69 Å². The molecule has 3 N–H and O–H groups in total. The highest BCUT2D eigenvalue weighted by molar-refractivity contribution is 5.31. The molecule has 0 fully saturated rings. The first-order chi connectivity index (χ1) is 7.81. The van der Waals surface area contributed by atoms with Gasteiger partial charge in [0.15, 0.2) is 0 Å². The quantitative estimate of drug-likeness (QED) is 0.810. The monoisotopic (exact) mass is 217 g/mol. The maximum atomic E-state index is 9.75. The van der Waals surface area contributed by atoms with Gasteiger partial charge in [-0.15, -0.1) is 0 Å². The lowest BCUT2D eigenvalue weighted by Crippen LogP contribution is -2.05. The van der Waals surface area contributed by atoms with Crippen molar-refractivity contribution in [1.29, 1.82) is 0 Å². The molecule has 0 spiro atoms. The highest BCUT2D eigenvalue weighted by Crippen LogP contribution is 2.16. The van der Waals surface area contributed by atoms with Crippen LogP contribution in [0.3, 0.4) is 0 Å². The van der Waals surface area contributed by atoms with Crippen molar-refractivity contribution >= 4 is 0 Å². The molecule has 0 aliphatic heterocycles. The van der Waals surface area contributed by atoms with Gasteiger partial charge in [-0.25, -0.2) is 4.68 Å². The van der Waals surface area contributed by atoms with E-state index in [2.05, 4.69) is 5.10 Å². The van der Waals surface area contributed by atoms with Crippen LogP contribution >= 0.6 is 0 Å². The Hall–Kier alpha value is -1.65. The predicted octanol–water partition coefficient (Wildman–Crippen LogP) is 1.25. The predicted molar refractivity (Wildman–Crippen MR) is 62.2 cm³/mol. The molecule has 1 heterocycles. The summed E-state index contributed by atoms with van der Waals surface area (Å²) >= 11 is 0. The molecule has 4 heteroatoms. The number of aromatic nitrogens is 2. The smallest absolute Gasteiger partial charge is 0.0832 e. The van der Waals surface area contributed by atoms with Crippen LogP contribution in [-0.2, 0) is 0 Å². The molecule has 0 radical (unpaired) electrons. The zero-order valence-corrected chi connectivity index (χ0v) is 8.95. The zero-order valence-electron chi connectivity index (χ0n) is 8.95. The number of aliphatic hydroxyl groups is 1. The summed E-state index contributed by atoms with van der Waals surface area (Å²) in [5.41, 5.74) is 7.18. The van der Waals surface area contributed by atoms with Crippen molar-refractivity contribution in [3.63, 3.8) is 0 Å². The molecule has 4 nitrogen and oxygen atoms in total. The van der Waals surface area contributed by atoms with Crippen molar-refractivity contribution in [1.82, 2.24) is 9.78 Å². The molecule has 16 heavy (non-hydrogen) atoms. The standard InChI is InChI=1S/C12H15N3O/c13-7-6-12(16)10-8-14-15(9-10)11-4-2-1-3-5-11/h1-5,8-9,12,16H,6-7,13H2. The molecule has 0 aliphatic carbocycles. The fourth-order valence-electron chi connectivity index (χ4n) is 1.56. The Morgan fingerprint density at radius 2 is 2.06 bits per heavy atom. The second-order valence-corrected chi connectivity index (χ2v) is 3.65. The van der Waals surface area contributed by atoms with Crippen LogP contribution in [0.2, 0.25) is 0 Å². The average Bonchev–Trinajstić information content (AvgIpc) is 2.80. The summed E-state index contributed by atoms with van der Waals surface area (Å²) in [5.74, 6) is 0. The molecule has 2 aromatic rings. The van der Waals surface area contributed by atoms with Crippen LogP contribution in [-0.4, -0.2) is 21.4 Å². The molecule has 0 saturated heterocycles. The van der Waals surface area contributed by atoms with E-state index in [1.165, 1.54) is 0 Å². The van der Waals surface area contributed by atoms with Gasteiger partial charge in [0.25, 0.3) is 0 Å². The number of hydrogen-bond donors (Lipinski definition) is 2. The highest BCUT2D eigenvalue weighted by Gasteiger charge is 2.09. The molecule has 2 rings (SSSR count). The maximum Gasteiger partial charge on any atom is 0.0832 e. The van der Waals surface area contributed by atoms with Crippen LogP contribution in [0, 0.1) is 0 Å². The van der Waals surface area contributed by atoms with E-state index >= 15 is 0 Å². The largest absolute Gasteiger partial charge is 0.388 e. The number of nitrogens with two attached hydrogens (primary N) is 1. The Balaban J connectivity index is 2.20. The van der Waals surface area contributed by atoms with Gasteiger partial charge in [-0.2, -0.15) is 5.10 Å². The number of hydrogen-bond acceptors (Lipinski definition) is 3. The minimum absolute atomic E-state index is 0.470. The Morgan fingerprint density at radius 1 is 1.31 bits per heavy atom. The lowest BCUT2D eigenvalue weighted by Gasteiger charge is -2.05. The Morgan fingerprint density at radius 3 is 2.75 bits per heavy atom. The Bertz CT molecular complexity index is 439. The van der Waals surface area contributed by atoms with Gasteiger partial charge < -0.3 is 10.8 Å². The van der Waals surface area contributed by atoms with E-state index in [9.17, 15) is 5.11 Å². The van der Waals surface area contributed by atoms with Gasteiger partial charge in [-0.1, -0.05) is 18.2 Å². The molecule has 84 valence electrons. The van der Waals surface area contributed by atoms with Gasteiger partial charge >= 0.3 is 0 Å². The van der Waals surface area contributed by atoms with Crippen LogP contribution < -0.4 is 5.73 Å². The number of para-hydroxylation sites is 1. The summed E-state index contributed by atoms with van der Waals surface area (Å²) < 4.78 is 1.75. The molecule has 1 aromatic heterocycles. The minimum Gasteiger partial charge on any atom is -0.388 e. The van der Waals surface area contributed by atoms with Crippen molar-refractivity contribution in [2.75, 3.05) is 6.54 Å². The second-order valence-electron chi connectivity index (χ2n) is 3.65. The van der Waals surface area contributed by atoms with Gasteiger partial charge in [-0.3, -0.25) is 0 Å². The number of nitrogens with zero attached hydrogens (tertiary/aromatic N) is 2. The first kappa shape index (κ1) is 10.9. The lowest BCUT2D eigenvalue weighted by atomic mass is 10.1. The molecular formula is C12H15N3O. The van der Waals surface area contributed by atoms with Gasteiger partial charge in [0.2, 0.25) is 0 Å². The van der Waals surface area contributed by atoms with E-state index in [0.717, 1.165) is 11.3 Å². The fraction of sp³-hybridized carbons (Fsp3) is 0.250. The van der Waals surface area contributed by atoms with Crippen molar-refractivity contribution in [2.24, 2.45) is 5.73 Å². The highest BCUT2D eigenvalue weighted by atomic mass is 16.3. The van der Waals surface area contributed by atoms with E-state index in [4.69, 9.17) is 5.73 Å². The number of aliphatic hydroxyl groups excluding tert-OH is 1. The summed E-state index contributed by atoms with van der Waals surface area (Å²) in [4.78, 5) is 0. The van der Waals surface area contributed by atoms with E-state index in [1.54, 1.807) is 10.9 Å². The number of rotatable bonds is 4.